The quantitative estimate of drug-likeness (QED) is 0.501. The summed E-state index contributed by atoms with van der Waals surface area (Å²) in [5.41, 5.74) is 3.13. The van der Waals surface area contributed by atoms with Crippen molar-refractivity contribution in [3.63, 3.8) is 0 Å². The zero-order chi connectivity index (χ0) is 19.4. The number of carbonyl (C=O) groups is 1. The number of anilines is 2. The van der Waals surface area contributed by atoms with Gasteiger partial charge in [0, 0.05) is 25.0 Å². The molecule has 1 fully saturated rings. The lowest BCUT2D eigenvalue weighted by molar-refractivity contribution is -0.121. The second-order valence-electron chi connectivity index (χ2n) is 6.00. The van der Waals surface area contributed by atoms with E-state index < -0.39 is 0 Å². The Balaban J connectivity index is 1.74. The van der Waals surface area contributed by atoms with Gasteiger partial charge < -0.3 is 9.64 Å². The number of amides is 1. The zero-order valence-corrected chi connectivity index (χ0v) is 17.3. The summed E-state index contributed by atoms with van der Waals surface area (Å²) in [6.07, 6.45) is 1.90. The maximum absolute atomic E-state index is 12.3. The Hall–Kier alpha value is -2.31. The van der Waals surface area contributed by atoms with Crippen LogP contribution < -0.4 is 9.64 Å². The standard InChI is InChI=1S/C21H22N2O2S2/c1-4-23-20(24)19(27-21(23)26)14-15-6-8-16(9-7-15)22(3)17-10-12-18(13-11-17)25-5-2/h6-14H,4-5H2,1-3H3. The Morgan fingerprint density at radius 1 is 1.07 bits per heavy atom. The highest BCUT2D eigenvalue weighted by Crippen LogP contribution is 2.33. The van der Waals surface area contributed by atoms with Gasteiger partial charge in [-0.15, -0.1) is 0 Å². The molecule has 27 heavy (non-hydrogen) atoms. The normalized spacial score (nSPS) is 15.5. The van der Waals surface area contributed by atoms with Gasteiger partial charge in [-0.2, -0.15) is 0 Å². The number of ether oxygens (including phenoxy) is 1. The van der Waals surface area contributed by atoms with Crippen LogP contribution in [-0.2, 0) is 4.79 Å². The molecule has 0 bridgehead atoms. The van der Waals surface area contributed by atoms with Gasteiger partial charge in [-0.3, -0.25) is 9.69 Å². The lowest BCUT2D eigenvalue weighted by Crippen LogP contribution is -2.27. The average Bonchev–Trinajstić information content (AvgIpc) is 2.95. The number of nitrogens with zero attached hydrogens (tertiary/aromatic N) is 2. The first-order chi connectivity index (χ1) is 13.0. The predicted octanol–water partition coefficient (Wildman–Crippen LogP) is 5.07. The van der Waals surface area contributed by atoms with Gasteiger partial charge in [0.15, 0.2) is 0 Å². The summed E-state index contributed by atoms with van der Waals surface area (Å²) in [6.45, 7) is 5.17. The van der Waals surface area contributed by atoms with Crippen molar-refractivity contribution in [2.45, 2.75) is 13.8 Å². The van der Waals surface area contributed by atoms with E-state index in [9.17, 15) is 4.79 Å². The molecule has 140 valence electrons. The van der Waals surface area contributed by atoms with E-state index in [0.717, 1.165) is 22.7 Å². The van der Waals surface area contributed by atoms with E-state index in [1.165, 1.54) is 11.8 Å². The first-order valence-corrected chi connectivity index (χ1v) is 10.1. The van der Waals surface area contributed by atoms with E-state index in [1.807, 2.05) is 75.5 Å². The summed E-state index contributed by atoms with van der Waals surface area (Å²) < 4.78 is 6.12. The zero-order valence-electron chi connectivity index (χ0n) is 15.6. The van der Waals surface area contributed by atoms with Crippen LogP contribution in [0.4, 0.5) is 11.4 Å². The topological polar surface area (TPSA) is 32.8 Å². The van der Waals surface area contributed by atoms with Gasteiger partial charge in [-0.05, 0) is 61.9 Å². The van der Waals surface area contributed by atoms with Crippen LogP contribution in [0.25, 0.3) is 6.08 Å². The first kappa shape index (κ1) is 19.5. The van der Waals surface area contributed by atoms with E-state index in [1.54, 1.807) is 4.90 Å². The molecule has 0 atom stereocenters. The highest BCUT2D eigenvalue weighted by Gasteiger charge is 2.30. The van der Waals surface area contributed by atoms with Crippen LogP contribution in [-0.4, -0.2) is 35.3 Å². The van der Waals surface area contributed by atoms with Crippen molar-refractivity contribution in [2.24, 2.45) is 0 Å². The molecule has 1 aliphatic rings. The fourth-order valence-corrected chi connectivity index (χ4v) is 4.18. The molecule has 4 nitrogen and oxygen atoms in total. The first-order valence-electron chi connectivity index (χ1n) is 8.85. The van der Waals surface area contributed by atoms with Crippen molar-refractivity contribution in [2.75, 3.05) is 25.1 Å². The van der Waals surface area contributed by atoms with Crippen molar-refractivity contribution >= 4 is 51.7 Å². The second kappa shape index (κ2) is 8.59. The SMILES string of the molecule is CCOc1ccc(N(C)c2ccc(C=C3SC(=S)N(CC)C3=O)cc2)cc1. The molecule has 3 rings (SSSR count). The number of rotatable bonds is 6. The maximum Gasteiger partial charge on any atom is 0.266 e. The van der Waals surface area contributed by atoms with Crippen LogP contribution >= 0.6 is 24.0 Å². The van der Waals surface area contributed by atoms with Gasteiger partial charge >= 0.3 is 0 Å². The smallest absolute Gasteiger partial charge is 0.266 e. The number of hydrogen-bond donors (Lipinski definition) is 0. The van der Waals surface area contributed by atoms with Crippen molar-refractivity contribution in [1.82, 2.24) is 4.90 Å². The molecule has 0 radical (unpaired) electrons. The maximum atomic E-state index is 12.3. The van der Waals surface area contributed by atoms with Gasteiger partial charge in [0.2, 0.25) is 0 Å². The monoisotopic (exact) mass is 398 g/mol. The van der Waals surface area contributed by atoms with Gasteiger partial charge in [0.05, 0.1) is 11.5 Å². The third-order valence-corrected chi connectivity index (χ3v) is 5.68. The van der Waals surface area contributed by atoms with Gasteiger partial charge in [-0.25, -0.2) is 0 Å². The van der Waals surface area contributed by atoms with Gasteiger partial charge in [0.25, 0.3) is 5.91 Å². The number of likely N-dealkylation sites (N-methyl/N-ethyl adjacent to an activating group) is 1. The molecule has 0 saturated carbocycles. The van der Waals surface area contributed by atoms with Crippen LogP contribution in [0, 0.1) is 0 Å². The van der Waals surface area contributed by atoms with Crippen LogP contribution in [0.5, 0.6) is 5.75 Å². The van der Waals surface area contributed by atoms with Crippen molar-refractivity contribution in [1.29, 1.82) is 0 Å². The van der Waals surface area contributed by atoms with Crippen molar-refractivity contribution < 1.29 is 9.53 Å². The van der Waals surface area contributed by atoms with E-state index in [4.69, 9.17) is 17.0 Å². The number of hydrogen-bond acceptors (Lipinski definition) is 5. The number of carbonyl (C=O) groups excluding carboxylic acids is 1. The van der Waals surface area contributed by atoms with Crippen molar-refractivity contribution in [3.8, 4) is 5.75 Å². The molecule has 0 N–H and O–H groups in total. The number of benzene rings is 2. The summed E-state index contributed by atoms with van der Waals surface area (Å²) in [6, 6.07) is 16.1. The minimum atomic E-state index is -0.0110. The average molecular weight is 399 g/mol. The molecule has 0 spiro atoms. The Morgan fingerprint density at radius 2 is 1.67 bits per heavy atom. The summed E-state index contributed by atoms with van der Waals surface area (Å²) in [5.74, 6) is 0.859. The lowest BCUT2D eigenvalue weighted by Gasteiger charge is -2.20. The fraction of sp³-hybridized carbons (Fsp3) is 0.238. The lowest BCUT2D eigenvalue weighted by atomic mass is 10.1. The van der Waals surface area contributed by atoms with Crippen molar-refractivity contribution in [3.05, 3.63) is 59.0 Å². The second-order valence-corrected chi connectivity index (χ2v) is 7.68. The molecule has 2 aromatic carbocycles. The Morgan fingerprint density at radius 3 is 2.19 bits per heavy atom. The van der Waals surface area contributed by atoms with E-state index >= 15 is 0 Å². The van der Waals surface area contributed by atoms with Crippen LogP contribution in [0.3, 0.4) is 0 Å². The number of thioether (sulfide) groups is 1. The highest BCUT2D eigenvalue weighted by molar-refractivity contribution is 8.26. The molecule has 6 heteroatoms. The molecule has 0 unspecified atom stereocenters. The van der Waals surface area contributed by atoms with Crippen LogP contribution in [0.2, 0.25) is 0 Å². The third-order valence-electron chi connectivity index (χ3n) is 4.30. The summed E-state index contributed by atoms with van der Waals surface area (Å²) in [5, 5.41) is 0. The van der Waals surface area contributed by atoms with E-state index in [2.05, 4.69) is 4.90 Å². The molecular weight excluding hydrogens is 376 g/mol. The minimum absolute atomic E-state index is 0.0110. The third kappa shape index (κ3) is 4.34. The molecule has 2 aromatic rings. The van der Waals surface area contributed by atoms with Gasteiger partial charge in [0.1, 0.15) is 10.1 Å². The Kier molecular flexibility index (Phi) is 6.19. The summed E-state index contributed by atoms with van der Waals surface area (Å²) in [4.78, 5) is 16.7. The highest BCUT2D eigenvalue weighted by atomic mass is 32.2. The molecule has 1 saturated heterocycles. The molecule has 1 heterocycles. The van der Waals surface area contributed by atoms with Crippen LogP contribution in [0.1, 0.15) is 19.4 Å². The molecule has 0 aromatic heterocycles. The minimum Gasteiger partial charge on any atom is -0.494 e. The van der Waals surface area contributed by atoms with E-state index in [0.29, 0.717) is 22.4 Å². The molecule has 1 aliphatic heterocycles. The summed E-state index contributed by atoms with van der Waals surface area (Å²) >= 11 is 6.62. The number of thiocarbonyl (C=S) groups is 1. The van der Waals surface area contributed by atoms with Gasteiger partial charge in [-0.1, -0.05) is 36.1 Å². The van der Waals surface area contributed by atoms with Crippen LogP contribution in [0.15, 0.2) is 53.4 Å². The molecular formula is C21H22N2O2S2. The molecule has 1 amide bonds. The predicted molar refractivity (Wildman–Crippen MR) is 118 cm³/mol. The van der Waals surface area contributed by atoms with E-state index in [-0.39, 0.29) is 5.91 Å². The Labute approximate surface area is 169 Å². The largest absolute Gasteiger partial charge is 0.494 e. The Bertz CT molecular complexity index is 861. The fourth-order valence-electron chi connectivity index (χ4n) is 2.80. The molecule has 0 aliphatic carbocycles. The summed E-state index contributed by atoms with van der Waals surface area (Å²) in [7, 11) is 2.02.